The van der Waals surface area contributed by atoms with Gasteiger partial charge >= 0.3 is 0 Å². The molecule has 2 aromatic rings. The number of anilines is 1. The highest BCUT2D eigenvalue weighted by molar-refractivity contribution is 5.95. The van der Waals surface area contributed by atoms with Crippen molar-refractivity contribution in [3.8, 4) is 0 Å². The number of carbonyl (C=O) groups excluding carboxylic acids is 1. The van der Waals surface area contributed by atoms with Crippen LogP contribution in [0.25, 0.3) is 0 Å². The van der Waals surface area contributed by atoms with Gasteiger partial charge in [-0.1, -0.05) is 12.1 Å². The molecular formula is C18H19F2N3O3. The van der Waals surface area contributed by atoms with Gasteiger partial charge in [0.15, 0.2) is 0 Å². The number of aryl methyl sites for hydroxylation is 1. The molecule has 0 aromatic heterocycles. The molecule has 26 heavy (non-hydrogen) atoms. The second-order valence-electron chi connectivity index (χ2n) is 5.98. The van der Waals surface area contributed by atoms with Crippen LogP contribution in [0.4, 0.5) is 20.2 Å². The van der Waals surface area contributed by atoms with Crippen LogP contribution in [0.1, 0.15) is 29.7 Å². The fourth-order valence-corrected chi connectivity index (χ4v) is 2.50. The Morgan fingerprint density at radius 3 is 2.54 bits per heavy atom. The lowest BCUT2D eigenvalue weighted by atomic mass is 10.1. The minimum absolute atomic E-state index is 0.141. The van der Waals surface area contributed by atoms with Gasteiger partial charge in [0.25, 0.3) is 5.69 Å². The maximum atomic E-state index is 13.8. The van der Waals surface area contributed by atoms with Gasteiger partial charge < -0.3 is 10.6 Å². The second-order valence-corrected chi connectivity index (χ2v) is 5.98. The highest BCUT2D eigenvalue weighted by Gasteiger charge is 2.20. The standard InChI is InChI=1S/C18H19F2N3O3/c1-10-4-7-16(23(25)26)18(11(10)2)22-17(24)9-21-12(3)14-6-5-13(19)8-15(14)20/h4-8,12,21H,9H2,1-3H3,(H,22,24)/t12-/m1/s1. The predicted octanol–water partition coefficient (Wildman–Crippen LogP) is 3.78. The minimum atomic E-state index is -0.712. The van der Waals surface area contributed by atoms with Crippen molar-refractivity contribution in [2.45, 2.75) is 26.8 Å². The topological polar surface area (TPSA) is 84.3 Å². The molecule has 1 amide bonds. The van der Waals surface area contributed by atoms with Crippen LogP contribution >= 0.6 is 0 Å². The van der Waals surface area contributed by atoms with Crippen LogP contribution in [-0.2, 0) is 4.79 Å². The Morgan fingerprint density at radius 1 is 1.23 bits per heavy atom. The average molecular weight is 363 g/mol. The zero-order chi connectivity index (χ0) is 19.4. The van der Waals surface area contributed by atoms with E-state index >= 15 is 0 Å². The van der Waals surface area contributed by atoms with Crippen LogP contribution in [0.2, 0.25) is 0 Å². The number of benzene rings is 2. The fraction of sp³-hybridized carbons (Fsp3) is 0.278. The van der Waals surface area contributed by atoms with Crippen molar-refractivity contribution < 1.29 is 18.5 Å². The number of carbonyl (C=O) groups is 1. The highest BCUT2D eigenvalue weighted by Crippen LogP contribution is 2.30. The molecule has 0 aliphatic rings. The third-order valence-corrected chi connectivity index (χ3v) is 4.17. The average Bonchev–Trinajstić information content (AvgIpc) is 2.56. The number of nitro groups is 1. The first-order chi connectivity index (χ1) is 12.2. The van der Waals surface area contributed by atoms with E-state index in [9.17, 15) is 23.7 Å². The highest BCUT2D eigenvalue weighted by atomic mass is 19.1. The van der Waals surface area contributed by atoms with Gasteiger partial charge in [-0.25, -0.2) is 8.78 Å². The van der Waals surface area contributed by atoms with Crippen molar-refractivity contribution in [1.29, 1.82) is 0 Å². The molecule has 138 valence electrons. The van der Waals surface area contributed by atoms with Crippen LogP contribution in [-0.4, -0.2) is 17.4 Å². The largest absolute Gasteiger partial charge is 0.319 e. The monoisotopic (exact) mass is 363 g/mol. The van der Waals surface area contributed by atoms with Crippen LogP contribution in [0.15, 0.2) is 30.3 Å². The van der Waals surface area contributed by atoms with E-state index in [-0.39, 0.29) is 23.5 Å². The van der Waals surface area contributed by atoms with Crippen molar-refractivity contribution in [2.75, 3.05) is 11.9 Å². The van der Waals surface area contributed by atoms with Gasteiger partial charge in [-0.15, -0.1) is 0 Å². The van der Waals surface area contributed by atoms with Crippen LogP contribution in [0.5, 0.6) is 0 Å². The van der Waals surface area contributed by atoms with Gasteiger partial charge in [0.2, 0.25) is 5.91 Å². The molecule has 0 heterocycles. The second kappa shape index (κ2) is 8.01. The molecule has 0 unspecified atom stereocenters. The van der Waals surface area contributed by atoms with E-state index < -0.39 is 28.5 Å². The molecular weight excluding hydrogens is 344 g/mol. The van der Waals surface area contributed by atoms with Gasteiger partial charge in [0.05, 0.1) is 11.5 Å². The van der Waals surface area contributed by atoms with Crippen molar-refractivity contribution in [2.24, 2.45) is 0 Å². The molecule has 2 N–H and O–H groups in total. The van der Waals surface area contributed by atoms with Crippen LogP contribution in [0.3, 0.4) is 0 Å². The maximum Gasteiger partial charge on any atom is 0.293 e. The SMILES string of the molecule is Cc1ccc([N+](=O)[O-])c(NC(=O)CN[C@H](C)c2ccc(F)cc2F)c1C. The number of rotatable bonds is 6. The molecule has 6 nitrogen and oxygen atoms in total. The molecule has 2 rings (SSSR count). The van der Waals surface area contributed by atoms with Crippen LogP contribution in [0, 0.1) is 35.6 Å². The van der Waals surface area contributed by atoms with E-state index in [1.165, 1.54) is 12.1 Å². The van der Waals surface area contributed by atoms with Crippen molar-refractivity contribution >= 4 is 17.3 Å². The number of hydrogen-bond acceptors (Lipinski definition) is 4. The summed E-state index contributed by atoms with van der Waals surface area (Å²) < 4.78 is 26.7. The van der Waals surface area contributed by atoms with Gasteiger partial charge in [-0.05, 0) is 38.0 Å². The lowest BCUT2D eigenvalue weighted by Gasteiger charge is -2.16. The summed E-state index contributed by atoms with van der Waals surface area (Å²) in [5, 5.41) is 16.5. The normalized spacial score (nSPS) is 11.9. The first kappa shape index (κ1) is 19.5. The number of amides is 1. The van der Waals surface area contributed by atoms with Gasteiger partial charge in [-0.2, -0.15) is 0 Å². The van der Waals surface area contributed by atoms with E-state index in [1.807, 2.05) is 0 Å². The molecule has 2 aromatic carbocycles. The van der Waals surface area contributed by atoms with E-state index in [4.69, 9.17) is 0 Å². The van der Waals surface area contributed by atoms with Gasteiger partial charge in [-0.3, -0.25) is 14.9 Å². The Labute approximate surface area is 149 Å². The summed E-state index contributed by atoms with van der Waals surface area (Å²) in [6.07, 6.45) is 0. The first-order valence-electron chi connectivity index (χ1n) is 7.93. The Kier molecular flexibility index (Phi) is 5.99. The van der Waals surface area contributed by atoms with E-state index in [1.54, 1.807) is 26.8 Å². The molecule has 0 saturated carbocycles. The molecule has 0 radical (unpaired) electrons. The fourth-order valence-electron chi connectivity index (χ4n) is 2.50. The molecule has 0 saturated heterocycles. The number of nitrogens with one attached hydrogen (secondary N) is 2. The van der Waals surface area contributed by atoms with Crippen LogP contribution < -0.4 is 10.6 Å². The predicted molar refractivity (Wildman–Crippen MR) is 94.0 cm³/mol. The maximum absolute atomic E-state index is 13.8. The lowest BCUT2D eigenvalue weighted by Crippen LogP contribution is -2.31. The summed E-state index contributed by atoms with van der Waals surface area (Å²) >= 11 is 0. The summed E-state index contributed by atoms with van der Waals surface area (Å²) in [6, 6.07) is 5.61. The summed E-state index contributed by atoms with van der Waals surface area (Å²) in [4.78, 5) is 22.8. The Balaban J connectivity index is 2.08. The summed E-state index contributed by atoms with van der Waals surface area (Å²) in [6.45, 7) is 4.90. The van der Waals surface area contributed by atoms with Crippen molar-refractivity contribution in [1.82, 2.24) is 5.32 Å². The molecule has 0 bridgehead atoms. The van der Waals surface area contributed by atoms with Gasteiger partial charge in [0, 0.05) is 23.7 Å². The smallest absolute Gasteiger partial charge is 0.293 e. The summed E-state index contributed by atoms with van der Waals surface area (Å²) in [7, 11) is 0. The van der Waals surface area contributed by atoms with Crippen molar-refractivity contribution in [3.05, 3.63) is 68.8 Å². The minimum Gasteiger partial charge on any atom is -0.319 e. The molecule has 1 atom stereocenters. The van der Waals surface area contributed by atoms with E-state index in [2.05, 4.69) is 10.6 Å². The summed E-state index contributed by atoms with van der Waals surface area (Å²) in [5.74, 6) is -1.90. The summed E-state index contributed by atoms with van der Waals surface area (Å²) in [5.41, 5.74) is 1.57. The van der Waals surface area contributed by atoms with Crippen molar-refractivity contribution in [3.63, 3.8) is 0 Å². The number of halogens is 2. The number of nitro benzene ring substituents is 1. The zero-order valence-corrected chi connectivity index (χ0v) is 14.6. The third-order valence-electron chi connectivity index (χ3n) is 4.17. The van der Waals surface area contributed by atoms with E-state index in [0.29, 0.717) is 5.56 Å². The third kappa shape index (κ3) is 4.40. The zero-order valence-electron chi connectivity index (χ0n) is 14.6. The Morgan fingerprint density at radius 2 is 1.92 bits per heavy atom. The Hall–Kier alpha value is -2.87. The van der Waals surface area contributed by atoms with E-state index in [0.717, 1.165) is 17.7 Å². The molecule has 0 spiro atoms. The number of nitrogens with zero attached hydrogens (tertiary/aromatic N) is 1. The quantitative estimate of drug-likeness (QED) is 0.604. The molecule has 0 fully saturated rings. The molecule has 0 aliphatic carbocycles. The molecule has 8 heteroatoms. The lowest BCUT2D eigenvalue weighted by molar-refractivity contribution is -0.384. The Bertz CT molecular complexity index is 856. The number of hydrogen-bond donors (Lipinski definition) is 2. The molecule has 0 aliphatic heterocycles. The first-order valence-corrected chi connectivity index (χ1v) is 7.93. The van der Waals surface area contributed by atoms with Gasteiger partial charge in [0.1, 0.15) is 17.3 Å².